The average Bonchev–Trinajstić information content (AvgIpc) is 2.63. The molecule has 0 aromatic heterocycles. The zero-order chi connectivity index (χ0) is 20.0. The van der Waals surface area contributed by atoms with E-state index in [1.807, 2.05) is 36.4 Å². The van der Waals surface area contributed by atoms with E-state index in [0.717, 1.165) is 17.6 Å². The lowest BCUT2D eigenvalue weighted by atomic mass is 9.75. The molecule has 2 N–H and O–H groups in total. The smallest absolute Gasteiger partial charge is 0.322 e. The molecule has 0 bridgehead atoms. The Morgan fingerprint density at radius 2 is 2.15 bits per heavy atom. The van der Waals surface area contributed by atoms with Crippen molar-refractivity contribution < 1.29 is 19.4 Å². The van der Waals surface area contributed by atoms with E-state index in [1.165, 1.54) is 0 Å². The molecule has 0 fully saturated rings. The van der Waals surface area contributed by atoms with Crippen LogP contribution >= 0.6 is 11.6 Å². The summed E-state index contributed by atoms with van der Waals surface area (Å²) in [5, 5.41) is 13.0. The number of esters is 1. The molecule has 27 heavy (non-hydrogen) atoms. The van der Waals surface area contributed by atoms with Gasteiger partial charge in [0.1, 0.15) is 12.1 Å². The molecule has 1 aromatic rings. The van der Waals surface area contributed by atoms with Crippen molar-refractivity contribution in [1.29, 1.82) is 0 Å². The fraction of sp³-hybridized carbons (Fsp3) is 0.429. The van der Waals surface area contributed by atoms with Gasteiger partial charge in [0.25, 0.3) is 0 Å². The lowest BCUT2D eigenvalue weighted by molar-refractivity contribution is -0.146. The second-order valence-corrected chi connectivity index (χ2v) is 7.42. The third kappa shape index (κ3) is 5.68. The highest BCUT2D eigenvalue weighted by Crippen LogP contribution is 2.35. The Hall–Kier alpha value is -2.11. The minimum atomic E-state index is -0.997. The maximum absolute atomic E-state index is 11.7. The molecule has 0 saturated heterocycles. The van der Waals surface area contributed by atoms with Crippen molar-refractivity contribution in [1.82, 2.24) is 5.32 Å². The van der Waals surface area contributed by atoms with Gasteiger partial charge in [0.2, 0.25) is 0 Å². The molecule has 5 nitrogen and oxygen atoms in total. The van der Waals surface area contributed by atoms with Gasteiger partial charge in [-0.15, -0.1) is 0 Å². The third-order valence-corrected chi connectivity index (χ3v) is 5.00. The van der Waals surface area contributed by atoms with Gasteiger partial charge in [0, 0.05) is 10.4 Å². The Labute approximate surface area is 165 Å². The first-order chi connectivity index (χ1) is 12.7. The van der Waals surface area contributed by atoms with Crippen LogP contribution in [0.1, 0.15) is 39.2 Å². The maximum Gasteiger partial charge on any atom is 0.322 e. The van der Waals surface area contributed by atoms with Crippen LogP contribution in [0, 0.1) is 0 Å². The zero-order valence-electron chi connectivity index (χ0n) is 15.9. The fourth-order valence-corrected chi connectivity index (χ4v) is 3.26. The van der Waals surface area contributed by atoms with Crippen molar-refractivity contribution in [2.75, 3.05) is 6.61 Å². The summed E-state index contributed by atoms with van der Waals surface area (Å²) in [6, 6.07) is 6.21. The molecular formula is C21H26ClNO4. The normalized spacial score (nSPS) is 21.3. The van der Waals surface area contributed by atoms with Crippen LogP contribution in [-0.4, -0.2) is 35.7 Å². The largest absolute Gasteiger partial charge is 0.480 e. The minimum Gasteiger partial charge on any atom is -0.480 e. The molecule has 2 rings (SSSR count). The molecule has 146 valence electrons. The third-order valence-electron chi connectivity index (χ3n) is 4.77. The number of carbonyl (C=O) groups excluding carboxylic acids is 1. The number of nitrogens with one attached hydrogen (secondary N) is 1. The lowest BCUT2D eigenvalue weighted by Crippen LogP contribution is -2.46. The molecule has 0 radical (unpaired) electrons. The molecular weight excluding hydrogens is 366 g/mol. The Bertz CT molecular complexity index is 758. The van der Waals surface area contributed by atoms with E-state index in [1.54, 1.807) is 13.8 Å². The Morgan fingerprint density at radius 3 is 2.70 bits per heavy atom. The minimum absolute atomic E-state index is 0.182. The number of aliphatic carboxylic acids is 1. The van der Waals surface area contributed by atoms with E-state index in [9.17, 15) is 14.7 Å². The Balaban J connectivity index is 2.04. The van der Waals surface area contributed by atoms with Gasteiger partial charge in [-0.25, -0.2) is 0 Å². The molecule has 0 saturated carbocycles. The summed E-state index contributed by atoms with van der Waals surface area (Å²) in [4.78, 5) is 23.3. The SMILES string of the molecule is CCOC(=O)C(C)NC(CC1=CCC(C)(c2cccc(Cl)c2)C=C1)C(=O)O. The van der Waals surface area contributed by atoms with Crippen LogP contribution in [0.5, 0.6) is 0 Å². The van der Waals surface area contributed by atoms with E-state index in [-0.39, 0.29) is 12.0 Å². The summed E-state index contributed by atoms with van der Waals surface area (Å²) >= 11 is 6.10. The van der Waals surface area contributed by atoms with Gasteiger partial charge in [-0.05, 0) is 44.4 Å². The number of hydrogen-bond donors (Lipinski definition) is 2. The van der Waals surface area contributed by atoms with Crippen molar-refractivity contribution in [2.24, 2.45) is 0 Å². The lowest BCUT2D eigenvalue weighted by Gasteiger charge is -2.29. The van der Waals surface area contributed by atoms with Crippen LogP contribution in [0.2, 0.25) is 5.02 Å². The molecule has 1 aromatic carbocycles. The van der Waals surface area contributed by atoms with Gasteiger partial charge < -0.3 is 9.84 Å². The van der Waals surface area contributed by atoms with Crippen molar-refractivity contribution in [3.63, 3.8) is 0 Å². The van der Waals surface area contributed by atoms with Crippen LogP contribution in [0.15, 0.2) is 48.1 Å². The first-order valence-corrected chi connectivity index (χ1v) is 9.43. The van der Waals surface area contributed by atoms with Crippen LogP contribution in [-0.2, 0) is 19.7 Å². The van der Waals surface area contributed by atoms with Gasteiger partial charge in [0.05, 0.1) is 6.61 Å². The first kappa shape index (κ1) is 21.2. The fourth-order valence-electron chi connectivity index (χ4n) is 3.07. The van der Waals surface area contributed by atoms with Gasteiger partial charge >= 0.3 is 11.9 Å². The van der Waals surface area contributed by atoms with Crippen molar-refractivity contribution in [3.05, 3.63) is 58.7 Å². The maximum atomic E-state index is 11.7. The van der Waals surface area contributed by atoms with Gasteiger partial charge in [-0.2, -0.15) is 0 Å². The van der Waals surface area contributed by atoms with E-state index in [2.05, 4.69) is 18.3 Å². The number of halogens is 1. The van der Waals surface area contributed by atoms with Gasteiger partial charge in [-0.3, -0.25) is 14.9 Å². The summed E-state index contributed by atoms with van der Waals surface area (Å²) in [6.45, 7) is 5.71. The highest BCUT2D eigenvalue weighted by atomic mass is 35.5. The summed E-state index contributed by atoms with van der Waals surface area (Å²) in [6.07, 6.45) is 7.13. The van der Waals surface area contributed by atoms with E-state index < -0.39 is 24.0 Å². The Kier molecular flexibility index (Phi) is 7.22. The molecule has 0 heterocycles. The average molecular weight is 392 g/mol. The molecule has 6 heteroatoms. The van der Waals surface area contributed by atoms with Crippen molar-refractivity contribution in [3.8, 4) is 0 Å². The molecule has 1 aliphatic carbocycles. The number of ether oxygens (including phenoxy) is 1. The summed E-state index contributed by atoms with van der Waals surface area (Å²) in [5.41, 5.74) is 1.86. The summed E-state index contributed by atoms with van der Waals surface area (Å²) < 4.78 is 4.93. The van der Waals surface area contributed by atoms with Crippen LogP contribution in [0.3, 0.4) is 0 Å². The van der Waals surface area contributed by atoms with E-state index in [4.69, 9.17) is 16.3 Å². The summed E-state index contributed by atoms with van der Waals surface area (Å²) in [7, 11) is 0. The van der Waals surface area contributed by atoms with Crippen LogP contribution in [0.25, 0.3) is 0 Å². The van der Waals surface area contributed by atoms with Crippen LogP contribution < -0.4 is 5.32 Å². The Morgan fingerprint density at radius 1 is 1.41 bits per heavy atom. The topological polar surface area (TPSA) is 75.6 Å². The second kappa shape index (κ2) is 9.20. The number of hydrogen-bond acceptors (Lipinski definition) is 4. The van der Waals surface area contributed by atoms with Crippen LogP contribution in [0.4, 0.5) is 0 Å². The van der Waals surface area contributed by atoms with Gasteiger partial charge in [0.15, 0.2) is 0 Å². The number of allylic oxidation sites excluding steroid dienone is 3. The predicted molar refractivity (Wildman–Crippen MR) is 106 cm³/mol. The molecule has 0 amide bonds. The molecule has 0 aliphatic heterocycles. The first-order valence-electron chi connectivity index (χ1n) is 9.05. The number of benzene rings is 1. The zero-order valence-corrected chi connectivity index (χ0v) is 16.6. The van der Waals surface area contributed by atoms with Crippen molar-refractivity contribution >= 4 is 23.5 Å². The highest BCUT2D eigenvalue weighted by Gasteiger charge is 2.28. The highest BCUT2D eigenvalue weighted by molar-refractivity contribution is 6.30. The van der Waals surface area contributed by atoms with Gasteiger partial charge in [-0.1, -0.05) is 54.5 Å². The summed E-state index contributed by atoms with van der Waals surface area (Å²) in [5.74, 6) is -1.45. The number of carboxylic acids is 1. The second-order valence-electron chi connectivity index (χ2n) is 6.98. The molecule has 3 atom stereocenters. The van der Waals surface area contributed by atoms with E-state index in [0.29, 0.717) is 11.4 Å². The molecule has 3 unspecified atom stereocenters. The van der Waals surface area contributed by atoms with Crippen molar-refractivity contribution in [2.45, 2.75) is 51.1 Å². The number of carboxylic acid groups (broad SMARTS) is 1. The van der Waals surface area contributed by atoms with E-state index >= 15 is 0 Å². The molecule has 0 spiro atoms. The monoisotopic (exact) mass is 391 g/mol. The quantitative estimate of drug-likeness (QED) is 0.658. The molecule has 1 aliphatic rings. The number of rotatable bonds is 8. The number of carbonyl (C=O) groups is 2. The standard InChI is InChI=1S/C21H26ClNO4/c1-4-27-20(26)14(2)23-18(19(24)25)12-15-8-10-21(3,11-9-15)16-6-5-7-17(22)13-16/h5-10,13-14,18,23H,4,11-12H2,1-3H3,(H,24,25). The predicted octanol–water partition coefficient (Wildman–Crippen LogP) is 3.87.